The van der Waals surface area contributed by atoms with Gasteiger partial charge in [-0.2, -0.15) is 0 Å². The molecule has 2 aliphatic rings. The molecule has 1 fully saturated rings. The molecule has 2 heterocycles. The van der Waals surface area contributed by atoms with Gasteiger partial charge in [-0.05, 0) is 31.7 Å². The van der Waals surface area contributed by atoms with Crippen molar-refractivity contribution in [2.75, 3.05) is 13.2 Å². The highest BCUT2D eigenvalue weighted by Crippen LogP contribution is 2.35. The molecule has 1 aromatic rings. The van der Waals surface area contributed by atoms with Crippen LogP contribution in [0.5, 0.6) is 5.75 Å². The van der Waals surface area contributed by atoms with Crippen molar-refractivity contribution in [3.05, 3.63) is 29.8 Å². The quantitative estimate of drug-likeness (QED) is 0.834. The summed E-state index contributed by atoms with van der Waals surface area (Å²) >= 11 is 0. The zero-order chi connectivity index (χ0) is 13.1. The van der Waals surface area contributed by atoms with E-state index in [2.05, 4.69) is 0 Å². The Morgan fingerprint density at radius 2 is 2.11 bits per heavy atom. The molecule has 0 aromatic heterocycles. The fourth-order valence-corrected chi connectivity index (χ4v) is 3.03. The number of para-hydroxylation sites is 1. The molecule has 0 amide bonds. The SMILES string of the molecule is O=C(CCC1CCCO1)C1CCOc2ccccc21. The number of benzene rings is 1. The lowest BCUT2D eigenvalue weighted by molar-refractivity contribution is -0.121. The monoisotopic (exact) mass is 260 g/mol. The van der Waals surface area contributed by atoms with Gasteiger partial charge in [0.1, 0.15) is 11.5 Å². The Hall–Kier alpha value is -1.35. The normalized spacial score (nSPS) is 25.7. The first-order valence-electron chi connectivity index (χ1n) is 7.20. The number of rotatable bonds is 4. The smallest absolute Gasteiger partial charge is 0.140 e. The number of ketones is 1. The number of Topliss-reactive ketones (excluding diaryl/α,β-unsaturated/α-hetero) is 1. The summed E-state index contributed by atoms with van der Waals surface area (Å²) in [7, 11) is 0. The Morgan fingerprint density at radius 1 is 1.21 bits per heavy atom. The predicted octanol–water partition coefficient (Wildman–Crippen LogP) is 3.08. The van der Waals surface area contributed by atoms with Gasteiger partial charge in [0.25, 0.3) is 0 Å². The first-order chi connectivity index (χ1) is 9.34. The van der Waals surface area contributed by atoms with Crippen LogP contribution in [0.2, 0.25) is 0 Å². The lowest BCUT2D eigenvalue weighted by atomic mass is 9.87. The highest BCUT2D eigenvalue weighted by atomic mass is 16.5. The molecule has 102 valence electrons. The van der Waals surface area contributed by atoms with Crippen LogP contribution in [0.15, 0.2) is 24.3 Å². The van der Waals surface area contributed by atoms with E-state index < -0.39 is 0 Å². The molecule has 0 N–H and O–H groups in total. The molecule has 1 saturated heterocycles. The minimum atomic E-state index is 0.0198. The molecule has 0 saturated carbocycles. The molecule has 2 unspecified atom stereocenters. The second-order valence-electron chi connectivity index (χ2n) is 5.37. The molecule has 1 aromatic carbocycles. The van der Waals surface area contributed by atoms with Gasteiger partial charge in [0.2, 0.25) is 0 Å². The minimum absolute atomic E-state index is 0.0198. The topological polar surface area (TPSA) is 35.5 Å². The van der Waals surface area contributed by atoms with Gasteiger partial charge in [-0.3, -0.25) is 4.79 Å². The number of carbonyl (C=O) groups excluding carboxylic acids is 1. The average molecular weight is 260 g/mol. The molecule has 3 nitrogen and oxygen atoms in total. The Balaban J connectivity index is 1.64. The molecular formula is C16H20O3. The third kappa shape index (κ3) is 2.81. The van der Waals surface area contributed by atoms with Crippen molar-refractivity contribution in [3.63, 3.8) is 0 Å². The summed E-state index contributed by atoms with van der Waals surface area (Å²) in [6, 6.07) is 7.91. The number of hydrogen-bond donors (Lipinski definition) is 0. The van der Waals surface area contributed by atoms with Gasteiger partial charge >= 0.3 is 0 Å². The van der Waals surface area contributed by atoms with Crippen molar-refractivity contribution >= 4 is 5.78 Å². The summed E-state index contributed by atoms with van der Waals surface area (Å²) in [5, 5.41) is 0. The maximum absolute atomic E-state index is 12.4. The standard InChI is InChI=1S/C16H20O3/c17-15(8-7-12-4-3-10-18-12)13-9-11-19-16-6-2-1-5-14(13)16/h1-2,5-6,12-13H,3-4,7-11H2. The summed E-state index contributed by atoms with van der Waals surface area (Å²) in [5.41, 5.74) is 1.06. The minimum Gasteiger partial charge on any atom is -0.493 e. The molecule has 0 radical (unpaired) electrons. The van der Waals surface area contributed by atoms with E-state index in [-0.39, 0.29) is 5.92 Å². The zero-order valence-electron chi connectivity index (χ0n) is 11.1. The first kappa shape index (κ1) is 12.7. The van der Waals surface area contributed by atoms with Gasteiger partial charge in [0.05, 0.1) is 12.7 Å². The Bertz CT molecular complexity index is 449. The number of fused-ring (bicyclic) bond motifs is 1. The third-order valence-electron chi connectivity index (χ3n) is 4.08. The van der Waals surface area contributed by atoms with Gasteiger partial charge in [-0.1, -0.05) is 18.2 Å². The van der Waals surface area contributed by atoms with E-state index in [9.17, 15) is 4.79 Å². The Morgan fingerprint density at radius 3 is 2.95 bits per heavy atom. The largest absolute Gasteiger partial charge is 0.493 e. The molecule has 2 aliphatic heterocycles. The maximum atomic E-state index is 12.4. The van der Waals surface area contributed by atoms with E-state index >= 15 is 0 Å². The molecule has 2 atom stereocenters. The summed E-state index contributed by atoms with van der Waals surface area (Å²) < 4.78 is 11.2. The van der Waals surface area contributed by atoms with Crippen LogP contribution in [0.3, 0.4) is 0 Å². The Labute approximate surface area is 113 Å². The summed E-state index contributed by atoms with van der Waals surface area (Å²) in [6.45, 7) is 1.51. The predicted molar refractivity (Wildman–Crippen MR) is 72.5 cm³/mol. The third-order valence-corrected chi connectivity index (χ3v) is 4.08. The van der Waals surface area contributed by atoms with Crippen LogP contribution >= 0.6 is 0 Å². The van der Waals surface area contributed by atoms with Gasteiger partial charge in [-0.15, -0.1) is 0 Å². The molecule has 0 bridgehead atoms. The molecular weight excluding hydrogens is 240 g/mol. The number of ether oxygens (including phenoxy) is 2. The maximum Gasteiger partial charge on any atom is 0.140 e. The summed E-state index contributed by atoms with van der Waals surface area (Å²) in [5.74, 6) is 1.24. The van der Waals surface area contributed by atoms with Gasteiger partial charge in [0.15, 0.2) is 0 Å². The van der Waals surface area contributed by atoms with Crippen molar-refractivity contribution in [2.24, 2.45) is 0 Å². The van der Waals surface area contributed by atoms with Crippen molar-refractivity contribution in [1.29, 1.82) is 0 Å². The number of carbonyl (C=O) groups is 1. The van der Waals surface area contributed by atoms with Gasteiger partial charge < -0.3 is 9.47 Å². The van der Waals surface area contributed by atoms with Crippen LogP contribution in [-0.4, -0.2) is 25.1 Å². The fraction of sp³-hybridized carbons (Fsp3) is 0.562. The molecule has 19 heavy (non-hydrogen) atoms. The lowest BCUT2D eigenvalue weighted by Gasteiger charge is -2.25. The molecule has 3 heteroatoms. The highest BCUT2D eigenvalue weighted by Gasteiger charge is 2.28. The van der Waals surface area contributed by atoms with Crippen molar-refractivity contribution < 1.29 is 14.3 Å². The van der Waals surface area contributed by atoms with E-state index in [0.29, 0.717) is 24.9 Å². The Kier molecular flexibility index (Phi) is 3.83. The first-order valence-corrected chi connectivity index (χ1v) is 7.20. The highest BCUT2D eigenvalue weighted by molar-refractivity contribution is 5.86. The van der Waals surface area contributed by atoms with E-state index in [1.165, 1.54) is 0 Å². The van der Waals surface area contributed by atoms with Crippen LogP contribution in [0.25, 0.3) is 0 Å². The van der Waals surface area contributed by atoms with E-state index in [1.54, 1.807) is 0 Å². The summed E-state index contributed by atoms with van der Waals surface area (Å²) in [4.78, 5) is 12.4. The van der Waals surface area contributed by atoms with E-state index in [4.69, 9.17) is 9.47 Å². The van der Waals surface area contributed by atoms with E-state index in [0.717, 1.165) is 43.6 Å². The van der Waals surface area contributed by atoms with Crippen LogP contribution in [-0.2, 0) is 9.53 Å². The van der Waals surface area contributed by atoms with Gasteiger partial charge in [-0.25, -0.2) is 0 Å². The van der Waals surface area contributed by atoms with Crippen LogP contribution < -0.4 is 4.74 Å². The van der Waals surface area contributed by atoms with Crippen molar-refractivity contribution in [3.8, 4) is 5.75 Å². The second-order valence-corrected chi connectivity index (χ2v) is 5.37. The van der Waals surface area contributed by atoms with Crippen molar-refractivity contribution in [1.82, 2.24) is 0 Å². The van der Waals surface area contributed by atoms with Crippen molar-refractivity contribution in [2.45, 2.75) is 44.1 Å². The lowest BCUT2D eigenvalue weighted by Crippen LogP contribution is -2.22. The number of hydrogen-bond acceptors (Lipinski definition) is 3. The molecule has 3 rings (SSSR count). The zero-order valence-corrected chi connectivity index (χ0v) is 11.1. The van der Waals surface area contributed by atoms with Crippen LogP contribution in [0.4, 0.5) is 0 Å². The molecule has 0 aliphatic carbocycles. The average Bonchev–Trinajstić information content (AvgIpc) is 2.97. The second kappa shape index (κ2) is 5.74. The summed E-state index contributed by atoms with van der Waals surface area (Å²) in [6.07, 6.45) is 4.86. The van der Waals surface area contributed by atoms with Gasteiger partial charge in [0, 0.05) is 24.5 Å². The molecule has 0 spiro atoms. The fourth-order valence-electron chi connectivity index (χ4n) is 3.03. The van der Waals surface area contributed by atoms with Crippen LogP contribution in [0.1, 0.15) is 43.6 Å². The van der Waals surface area contributed by atoms with E-state index in [1.807, 2.05) is 24.3 Å². The van der Waals surface area contributed by atoms with Crippen LogP contribution in [0, 0.1) is 0 Å².